The van der Waals surface area contributed by atoms with E-state index < -0.39 is 4.92 Å². The van der Waals surface area contributed by atoms with Gasteiger partial charge in [0.15, 0.2) is 0 Å². The van der Waals surface area contributed by atoms with Gasteiger partial charge in [-0.2, -0.15) is 0 Å². The van der Waals surface area contributed by atoms with Crippen LogP contribution in [-0.4, -0.2) is 35.0 Å². The average Bonchev–Trinajstić information content (AvgIpc) is 2.39. The van der Waals surface area contributed by atoms with E-state index in [9.17, 15) is 10.1 Å². The second kappa shape index (κ2) is 5.81. The third kappa shape index (κ3) is 3.10. The highest BCUT2D eigenvalue weighted by molar-refractivity contribution is 5.70. The minimum absolute atomic E-state index is 0.0435. The van der Waals surface area contributed by atoms with E-state index >= 15 is 0 Å². The van der Waals surface area contributed by atoms with Crippen molar-refractivity contribution >= 4 is 17.3 Å². The molecule has 1 saturated carbocycles. The summed E-state index contributed by atoms with van der Waals surface area (Å²) in [6.07, 6.45) is 7.02. The molecule has 1 fully saturated rings. The summed E-state index contributed by atoms with van der Waals surface area (Å²) in [6.45, 7) is 0. The standard InChI is InChI=1S/C12H19N5O2/c1-16(2)12-10(17(18)19)11(13-8-14-12)15-9-6-4-3-5-7-9/h8-9H,3-7H2,1-2H3,(H,13,14,15). The van der Waals surface area contributed by atoms with Crippen molar-refractivity contribution in [3.63, 3.8) is 0 Å². The first-order chi connectivity index (χ1) is 9.09. The van der Waals surface area contributed by atoms with Crippen molar-refractivity contribution < 1.29 is 4.92 Å². The average molecular weight is 265 g/mol. The molecule has 0 radical (unpaired) electrons. The summed E-state index contributed by atoms with van der Waals surface area (Å²) in [5, 5.41) is 14.5. The van der Waals surface area contributed by atoms with E-state index in [1.807, 2.05) is 0 Å². The molecular weight excluding hydrogens is 246 g/mol. The summed E-state index contributed by atoms with van der Waals surface area (Å²) in [5.41, 5.74) is -0.0435. The number of rotatable bonds is 4. The van der Waals surface area contributed by atoms with E-state index in [4.69, 9.17) is 0 Å². The fourth-order valence-electron chi connectivity index (χ4n) is 2.41. The van der Waals surface area contributed by atoms with Crippen LogP contribution in [0.15, 0.2) is 6.33 Å². The van der Waals surface area contributed by atoms with Crippen molar-refractivity contribution in [1.82, 2.24) is 9.97 Å². The van der Waals surface area contributed by atoms with E-state index in [0.29, 0.717) is 11.6 Å². The lowest BCUT2D eigenvalue weighted by atomic mass is 9.95. The maximum atomic E-state index is 11.2. The zero-order valence-electron chi connectivity index (χ0n) is 11.3. The zero-order chi connectivity index (χ0) is 13.8. The van der Waals surface area contributed by atoms with Gasteiger partial charge in [0.1, 0.15) is 6.33 Å². The number of nitrogens with zero attached hydrogens (tertiary/aromatic N) is 4. The van der Waals surface area contributed by atoms with Crippen LogP contribution in [0.1, 0.15) is 32.1 Å². The molecule has 0 bridgehead atoms. The maximum Gasteiger partial charge on any atom is 0.353 e. The van der Waals surface area contributed by atoms with Gasteiger partial charge in [-0.05, 0) is 12.8 Å². The highest BCUT2D eigenvalue weighted by atomic mass is 16.6. The molecule has 1 heterocycles. The number of aromatic nitrogens is 2. The molecule has 0 saturated heterocycles. The molecule has 1 aliphatic carbocycles. The Morgan fingerprint density at radius 3 is 2.58 bits per heavy atom. The third-order valence-corrected chi connectivity index (χ3v) is 3.36. The van der Waals surface area contributed by atoms with Crippen molar-refractivity contribution in [1.29, 1.82) is 0 Å². The SMILES string of the molecule is CN(C)c1ncnc(NC2CCCCC2)c1[N+](=O)[O-]. The minimum atomic E-state index is -0.416. The Hall–Kier alpha value is -1.92. The summed E-state index contributed by atoms with van der Waals surface area (Å²) in [6, 6.07) is 0.275. The van der Waals surface area contributed by atoms with Crippen molar-refractivity contribution in [2.45, 2.75) is 38.1 Å². The molecule has 0 aromatic carbocycles. The number of anilines is 2. The van der Waals surface area contributed by atoms with Gasteiger partial charge in [0.2, 0.25) is 11.6 Å². The molecule has 0 amide bonds. The van der Waals surface area contributed by atoms with Crippen LogP contribution in [0.25, 0.3) is 0 Å². The van der Waals surface area contributed by atoms with E-state index in [1.165, 1.54) is 12.7 Å². The van der Waals surface area contributed by atoms with E-state index in [1.54, 1.807) is 19.0 Å². The largest absolute Gasteiger partial charge is 0.361 e. The van der Waals surface area contributed by atoms with Gasteiger partial charge in [0, 0.05) is 20.1 Å². The first kappa shape index (κ1) is 13.5. The predicted octanol–water partition coefficient (Wildman–Crippen LogP) is 2.20. The predicted molar refractivity (Wildman–Crippen MR) is 73.5 cm³/mol. The molecule has 0 atom stereocenters. The summed E-state index contributed by atoms with van der Waals surface area (Å²) < 4.78 is 0. The molecule has 1 aromatic rings. The van der Waals surface area contributed by atoms with Crippen molar-refractivity contribution in [2.24, 2.45) is 0 Å². The Labute approximate surface area is 112 Å². The molecule has 104 valence electrons. The lowest BCUT2D eigenvalue weighted by Crippen LogP contribution is -2.24. The lowest BCUT2D eigenvalue weighted by Gasteiger charge is -2.23. The second-order valence-corrected chi connectivity index (χ2v) is 5.03. The van der Waals surface area contributed by atoms with Crippen molar-refractivity contribution in [3.8, 4) is 0 Å². The summed E-state index contributed by atoms with van der Waals surface area (Å²) >= 11 is 0. The van der Waals surface area contributed by atoms with Crippen LogP contribution in [0, 0.1) is 10.1 Å². The normalized spacial score (nSPS) is 16.1. The molecule has 2 rings (SSSR count). The van der Waals surface area contributed by atoms with Crippen molar-refractivity contribution in [2.75, 3.05) is 24.3 Å². The van der Waals surface area contributed by atoms with Crippen LogP contribution >= 0.6 is 0 Å². The van der Waals surface area contributed by atoms with Gasteiger partial charge < -0.3 is 10.2 Å². The molecular formula is C12H19N5O2. The van der Waals surface area contributed by atoms with Crippen LogP contribution in [-0.2, 0) is 0 Å². The van der Waals surface area contributed by atoms with Gasteiger partial charge in [-0.15, -0.1) is 0 Å². The van der Waals surface area contributed by atoms with E-state index in [2.05, 4.69) is 15.3 Å². The number of hydrogen-bond acceptors (Lipinski definition) is 6. The summed E-state index contributed by atoms with van der Waals surface area (Å²) in [4.78, 5) is 20.5. The van der Waals surface area contributed by atoms with Gasteiger partial charge in [0.05, 0.1) is 4.92 Å². The Balaban J connectivity index is 2.28. The summed E-state index contributed by atoms with van der Waals surface area (Å²) in [5.74, 6) is 0.661. The molecule has 7 heteroatoms. The second-order valence-electron chi connectivity index (χ2n) is 5.03. The molecule has 1 aromatic heterocycles. The van der Waals surface area contributed by atoms with Gasteiger partial charge in [-0.3, -0.25) is 10.1 Å². The van der Waals surface area contributed by atoms with Gasteiger partial charge in [-0.25, -0.2) is 9.97 Å². The molecule has 1 N–H and O–H groups in total. The Morgan fingerprint density at radius 1 is 1.32 bits per heavy atom. The summed E-state index contributed by atoms with van der Waals surface area (Å²) in [7, 11) is 3.47. The molecule has 0 aliphatic heterocycles. The highest BCUT2D eigenvalue weighted by Crippen LogP contribution is 2.32. The van der Waals surface area contributed by atoms with Crippen LogP contribution in [0.5, 0.6) is 0 Å². The lowest BCUT2D eigenvalue weighted by molar-refractivity contribution is -0.383. The Kier molecular flexibility index (Phi) is 4.13. The molecule has 0 unspecified atom stereocenters. The molecule has 19 heavy (non-hydrogen) atoms. The van der Waals surface area contributed by atoms with Crippen LogP contribution in [0.3, 0.4) is 0 Å². The smallest absolute Gasteiger partial charge is 0.353 e. The Bertz CT molecular complexity index is 457. The van der Waals surface area contributed by atoms with E-state index in [-0.39, 0.29) is 11.7 Å². The first-order valence-electron chi connectivity index (χ1n) is 6.53. The first-order valence-corrected chi connectivity index (χ1v) is 6.53. The van der Waals surface area contributed by atoms with Crippen LogP contribution < -0.4 is 10.2 Å². The number of nitro groups is 1. The minimum Gasteiger partial charge on any atom is -0.361 e. The van der Waals surface area contributed by atoms with Crippen LogP contribution in [0.4, 0.5) is 17.3 Å². The van der Waals surface area contributed by atoms with E-state index in [0.717, 1.165) is 25.7 Å². The fourth-order valence-corrected chi connectivity index (χ4v) is 2.41. The Morgan fingerprint density at radius 2 is 2.00 bits per heavy atom. The topological polar surface area (TPSA) is 84.2 Å². The van der Waals surface area contributed by atoms with Crippen LogP contribution in [0.2, 0.25) is 0 Å². The van der Waals surface area contributed by atoms with Gasteiger partial charge >= 0.3 is 5.69 Å². The number of hydrogen-bond donors (Lipinski definition) is 1. The fraction of sp³-hybridized carbons (Fsp3) is 0.667. The third-order valence-electron chi connectivity index (χ3n) is 3.36. The highest BCUT2D eigenvalue weighted by Gasteiger charge is 2.26. The maximum absolute atomic E-state index is 11.2. The van der Waals surface area contributed by atoms with Crippen molar-refractivity contribution in [3.05, 3.63) is 16.4 Å². The monoisotopic (exact) mass is 265 g/mol. The zero-order valence-corrected chi connectivity index (χ0v) is 11.3. The molecule has 0 spiro atoms. The quantitative estimate of drug-likeness (QED) is 0.663. The van der Waals surface area contributed by atoms with Gasteiger partial charge in [0.25, 0.3) is 0 Å². The number of nitrogens with one attached hydrogen (secondary N) is 1. The van der Waals surface area contributed by atoms with Gasteiger partial charge in [-0.1, -0.05) is 19.3 Å². The molecule has 7 nitrogen and oxygen atoms in total. The molecule has 1 aliphatic rings.